The highest BCUT2D eigenvalue weighted by molar-refractivity contribution is 8.00. The van der Waals surface area contributed by atoms with Crippen molar-refractivity contribution in [2.75, 3.05) is 20.3 Å². The SMILES string of the molecule is CCOc1ccc(Cc2cc([C@H]3CC(O)CC(CO)S3)c(OC)cc2C)cc1. The molecule has 0 aliphatic carbocycles. The maximum atomic E-state index is 10.3. The molecule has 152 valence electrons. The van der Waals surface area contributed by atoms with Crippen LogP contribution in [0.5, 0.6) is 11.5 Å². The molecule has 4 nitrogen and oxygen atoms in total. The first-order valence-corrected chi connectivity index (χ1v) is 10.8. The average Bonchev–Trinajstić information content (AvgIpc) is 2.70. The molecule has 0 saturated carbocycles. The van der Waals surface area contributed by atoms with E-state index < -0.39 is 0 Å². The zero-order valence-electron chi connectivity index (χ0n) is 16.9. The van der Waals surface area contributed by atoms with E-state index in [0.717, 1.165) is 23.5 Å². The van der Waals surface area contributed by atoms with Crippen LogP contribution in [-0.4, -0.2) is 41.9 Å². The summed E-state index contributed by atoms with van der Waals surface area (Å²) in [5.41, 5.74) is 4.78. The topological polar surface area (TPSA) is 58.9 Å². The third kappa shape index (κ3) is 5.02. The molecule has 1 saturated heterocycles. The molecule has 2 aromatic rings. The smallest absolute Gasteiger partial charge is 0.123 e. The summed E-state index contributed by atoms with van der Waals surface area (Å²) in [6.07, 6.45) is 1.77. The molecule has 0 aromatic heterocycles. The van der Waals surface area contributed by atoms with Crippen molar-refractivity contribution in [3.05, 3.63) is 58.7 Å². The maximum absolute atomic E-state index is 10.3. The first kappa shape index (κ1) is 21.0. The monoisotopic (exact) mass is 402 g/mol. The van der Waals surface area contributed by atoms with Gasteiger partial charge in [-0.25, -0.2) is 0 Å². The standard InChI is InChI=1S/C23H30O4S/c1-4-27-19-7-5-16(6-8-19)10-17-11-21(22(26-3)9-15(17)2)23-13-18(25)12-20(14-24)28-23/h5-9,11,18,20,23-25H,4,10,12-14H2,1-3H3/t18?,20?,23-/m1/s1. The number of hydrogen-bond donors (Lipinski definition) is 2. The lowest BCUT2D eigenvalue weighted by atomic mass is 9.94. The van der Waals surface area contributed by atoms with Gasteiger partial charge in [0.1, 0.15) is 11.5 Å². The summed E-state index contributed by atoms with van der Waals surface area (Å²) in [6.45, 7) is 4.85. The number of aryl methyl sites for hydroxylation is 1. The van der Waals surface area contributed by atoms with Gasteiger partial charge in [0.25, 0.3) is 0 Å². The minimum atomic E-state index is -0.385. The molecular weight excluding hydrogens is 372 g/mol. The van der Waals surface area contributed by atoms with E-state index in [0.29, 0.717) is 19.4 Å². The third-order valence-electron chi connectivity index (χ3n) is 5.25. The lowest BCUT2D eigenvalue weighted by Gasteiger charge is -2.32. The molecule has 0 radical (unpaired) electrons. The van der Waals surface area contributed by atoms with Gasteiger partial charge in [-0.2, -0.15) is 0 Å². The van der Waals surface area contributed by atoms with Crippen molar-refractivity contribution in [2.24, 2.45) is 0 Å². The number of methoxy groups -OCH3 is 1. The van der Waals surface area contributed by atoms with Crippen LogP contribution in [0, 0.1) is 6.92 Å². The zero-order chi connectivity index (χ0) is 20.1. The fourth-order valence-electron chi connectivity index (χ4n) is 3.76. The van der Waals surface area contributed by atoms with E-state index >= 15 is 0 Å². The minimum absolute atomic E-state index is 0.0642. The van der Waals surface area contributed by atoms with Crippen LogP contribution in [0.25, 0.3) is 0 Å². The Morgan fingerprint density at radius 2 is 1.89 bits per heavy atom. The predicted molar refractivity (Wildman–Crippen MR) is 115 cm³/mol. The first-order chi connectivity index (χ1) is 13.5. The largest absolute Gasteiger partial charge is 0.496 e. The van der Waals surface area contributed by atoms with Crippen molar-refractivity contribution in [3.8, 4) is 11.5 Å². The number of rotatable bonds is 7. The van der Waals surface area contributed by atoms with Gasteiger partial charge in [-0.3, -0.25) is 0 Å². The van der Waals surface area contributed by atoms with Crippen molar-refractivity contribution in [3.63, 3.8) is 0 Å². The Hall–Kier alpha value is -1.69. The first-order valence-electron chi connectivity index (χ1n) is 9.87. The molecule has 3 rings (SSSR count). The van der Waals surface area contributed by atoms with Gasteiger partial charge in [-0.1, -0.05) is 18.2 Å². The molecule has 28 heavy (non-hydrogen) atoms. The van der Waals surface area contributed by atoms with Crippen molar-refractivity contribution in [1.29, 1.82) is 0 Å². The van der Waals surface area contributed by atoms with E-state index in [-0.39, 0.29) is 23.2 Å². The van der Waals surface area contributed by atoms with Gasteiger partial charge >= 0.3 is 0 Å². The molecule has 5 heteroatoms. The van der Waals surface area contributed by atoms with E-state index in [1.807, 2.05) is 19.1 Å². The third-order valence-corrected chi connectivity index (χ3v) is 6.75. The number of aliphatic hydroxyl groups is 2. The number of thioether (sulfide) groups is 1. The summed E-state index contributed by atoms with van der Waals surface area (Å²) in [4.78, 5) is 0. The van der Waals surface area contributed by atoms with Gasteiger partial charge in [-0.15, -0.1) is 11.8 Å². The van der Waals surface area contributed by atoms with Crippen LogP contribution in [0.2, 0.25) is 0 Å². The summed E-state index contributed by atoms with van der Waals surface area (Å²) >= 11 is 1.74. The van der Waals surface area contributed by atoms with Crippen LogP contribution in [0.15, 0.2) is 36.4 Å². The Morgan fingerprint density at radius 3 is 2.54 bits per heavy atom. The van der Waals surface area contributed by atoms with Crippen molar-refractivity contribution in [1.82, 2.24) is 0 Å². The van der Waals surface area contributed by atoms with Crippen LogP contribution in [0.4, 0.5) is 0 Å². The highest BCUT2D eigenvalue weighted by atomic mass is 32.2. The van der Waals surface area contributed by atoms with Gasteiger partial charge < -0.3 is 19.7 Å². The molecule has 3 atom stereocenters. The lowest BCUT2D eigenvalue weighted by Crippen LogP contribution is -2.27. The minimum Gasteiger partial charge on any atom is -0.496 e. The Kier molecular flexibility index (Phi) is 7.27. The second-order valence-electron chi connectivity index (χ2n) is 7.33. The van der Waals surface area contributed by atoms with Crippen LogP contribution in [0.3, 0.4) is 0 Å². The molecule has 0 spiro atoms. The fraction of sp³-hybridized carbons (Fsp3) is 0.478. The van der Waals surface area contributed by atoms with Crippen LogP contribution in [0.1, 0.15) is 47.3 Å². The number of aliphatic hydroxyl groups excluding tert-OH is 2. The number of hydrogen-bond acceptors (Lipinski definition) is 5. The quantitative estimate of drug-likeness (QED) is 0.724. The van der Waals surface area contributed by atoms with Crippen molar-refractivity contribution < 1.29 is 19.7 Å². The Bertz CT molecular complexity index is 775. The lowest BCUT2D eigenvalue weighted by molar-refractivity contribution is 0.136. The van der Waals surface area contributed by atoms with Crippen LogP contribution >= 0.6 is 11.8 Å². The van der Waals surface area contributed by atoms with Gasteiger partial charge in [0.2, 0.25) is 0 Å². The van der Waals surface area contributed by atoms with E-state index in [4.69, 9.17) is 9.47 Å². The van der Waals surface area contributed by atoms with Gasteiger partial charge in [0.05, 0.1) is 26.4 Å². The fourth-order valence-corrected chi connectivity index (χ4v) is 5.31. The van der Waals surface area contributed by atoms with E-state index in [1.54, 1.807) is 18.9 Å². The van der Waals surface area contributed by atoms with Crippen molar-refractivity contribution >= 4 is 11.8 Å². The summed E-state index contributed by atoms with van der Waals surface area (Å²) in [5.74, 6) is 1.75. The molecule has 1 fully saturated rings. The molecule has 1 heterocycles. The van der Waals surface area contributed by atoms with Gasteiger partial charge in [0.15, 0.2) is 0 Å². The van der Waals surface area contributed by atoms with Crippen LogP contribution < -0.4 is 9.47 Å². The Labute approximate surface area is 171 Å². The maximum Gasteiger partial charge on any atom is 0.123 e. The van der Waals surface area contributed by atoms with E-state index in [1.165, 1.54) is 16.7 Å². The van der Waals surface area contributed by atoms with Gasteiger partial charge in [-0.05, 0) is 68.0 Å². The molecular formula is C23H30O4S. The summed E-state index contributed by atoms with van der Waals surface area (Å²) in [6, 6.07) is 12.5. The summed E-state index contributed by atoms with van der Waals surface area (Å²) < 4.78 is 11.2. The highest BCUT2D eigenvalue weighted by Gasteiger charge is 2.31. The molecule has 0 amide bonds. The normalized spacial score (nSPS) is 22.1. The van der Waals surface area contributed by atoms with Crippen molar-refractivity contribution in [2.45, 2.75) is 49.7 Å². The molecule has 2 unspecified atom stereocenters. The Morgan fingerprint density at radius 1 is 1.14 bits per heavy atom. The molecule has 1 aliphatic heterocycles. The zero-order valence-corrected chi connectivity index (χ0v) is 17.7. The number of ether oxygens (including phenoxy) is 2. The number of benzene rings is 2. The molecule has 2 aromatic carbocycles. The van der Waals surface area contributed by atoms with E-state index in [9.17, 15) is 10.2 Å². The summed E-state index contributed by atoms with van der Waals surface area (Å²) in [7, 11) is 1.69. The van der Waals surface area contributed by atoms with Gasteiger partial charge in [0, 0.05) is 16.1 Å². The average molecular weight is 403 g/mol. The molecule has 2 N–H and O–H groups in total. The summed E-state index contributed by atoms with van der Waals surface area (Å²) in [5, 5.41) is 20.0. The second-order valence-corrected chi connectivity index (χ2v) is 8.84. The van der Waals surface area contributed by atoms with E-state index in [2.05, 4.69) is 31.2 Å². The second kappa shape index (κ2) is 9.68. The molecule has 1 aliphatic rings. The predicted octanol–water partition coefficient (Wildman–Crippen LogP) is 4.28. The van der Waals surface area contributed by atoms with Crippen LogP contribution in [-0.2, 0) is 6.42 Å². The molecule has 0 bridgehead atoms. The Balaban J connectivity index is 1.87. The highest BCUT2D eigenvalue weighted by Crippen LogP contribution is 2.46.